The van der Waals surface area contributed by atoms with Crippen LogP contribution in [0.3, 0.4) is 0 Å². The van der Waals surface area contributed by atoms with Crippen LogP contribution in [0.25, 0.3) is 11.4 Å². The molecule has 0 saturated carbocycles. The molecule has 1 amide bonds. The van der Waals surface area contributed by atoms with Gasteiger partial charge in [0, 0.05) is 29.9 Å². The van der Waals surface area contributed by atoms with Crippen molar-refractivity contribution >= 4 is 5.91 Å². The smallest absolute Gasteiger partial charge is 0.251 e. The van der Waals surface area contributed by atoms with Gasteiger partial charge < -0.3 is 10.1 Å². The van der Waals surface area contributed by atoms with Gasteiger partial charge in [-0.3, -0.25) is 4.79 Å². The molecule has 1 aromatic heterocycles. The molecule has 0 saturated heterocycles. The lowest BCUT2D eigenvalue weighted by atomic mass is 10.1. The molecule has 0 atom stereocenters. The van der Waals surface area contributed by atoms with E-state index in [-0.39, 0.29) is 5.91 Å². The van der Waals surface area contributed by atoms with Gasteiger partial charge in [0.25, 0.3) is 5.91 Å². The Morgan fingerprint density at radius 1 is 1.11 bits per heavy atom. The lowest BCUT2D eigenvalue weighted by molar-refractivity contribution is 0.0948. The molecule has 1 heterocycles. The zero-order valence-electron chi connectivity index (χ0n) is 15.8. The molecule has 1 N–H and O–H groups in total. The molecule has 0 aliphatic carbocycles. The molecule has 27 heavy (non-hydrogen) atoms. The van der Waals surface area contributed by atoms with Crippen LogP contribution >= 0.6 is 0 Å². The van der Waals surface area contributed by atoms with Crippen molar-refractivity contribution in [3.63, 3.8) is 0 Å². The number of carbonyl (C=O) groups excluding carboxylic acids is 1. The Morgan fingerprint density at radius 2 is 1.89 bits per heavy atom. The monoisotopic (exact) mass is 361 g/mol. The fourth-order valence-electron chi connectivity index (χ4n) is 2.46. The Labute approximate surface area is 159 Å². The van der Waals surface area contributed by atoms with Gasteiger partial charge in [-0.15, -0.1) is 0 Å². The van der Waals surface area contributed by atoms with Gasteiger partial charge in [-0.25, -0.2) is 4.98 Å². The summed E-state index contributed by atoms with van der Waals surface area (Å²) in [5.74, 6) is 1.87. The van der Waals surface area contributed by atoms with E-state index in [0.29, 0.717) is 35.5 Å². The van der Waals surface area contributed by atoms with Gasteiger partial charge >= 0.3 is 0 Å². The predicted molar refractivity (Wildman–Crippen MR) is 106 cm³/mol. The van der Waals surface area contributed by atoms with E-state index in [9.17, 15) is 4.79 Å². The third kappa shape index (κ3) is 5.14. The fourth-order valence-corrected chi connectivity index (χ4v) is 2.46. The summed E-state index contributed by atoms with van der Waals surface area (Å²) < 4.78 is 5.85. The van der Waals surface area contributed by atoms with Crippen molar-refractivity contribution in [3.8, 4) is 23.0 Å². The molecule has 3 rings (SSSR count). The van der Waals surface area contributed by atoms with Crippen molar-refractivity contribution < 1.29 is 9.53 Å². The molecule has 138 valence electrons. The maximum atomic E-state index is 12.2. The average molecular weight is 361 g/mol. The highest BCUT2D eigenvalue weighted by molar-refractivity contribution is 5.94. The second-order valence-corrected chi connectivity index (χ2v) is 6.82. The molecule has 0 bridgehead atoms. The minimum absolute atomic E-state index is 0.114. The largest absolute Gasteiger partial charge is 0.439 e. The maximum absolute atomic E-state index is 12.2. The number of aromatic nitrogens is 2. The van der Waals surface area contributed by atoms with E-state index >= 15 is 0 Å². The summed E-state index contributed by atoms with van der Waals surface area (Å²) in [6.07, 6.45) is 1.66. The Bertz CT molecular complexity index is 921. The number of benzene rings is 2. The van der Waals surface area contributed by atoms with Crippen molar-refractivity contribution in [1.29, 1.82) is 0 Å². The molecule has 5 heteroatoms. The number of hydrogen-bond acceptors (Lipinski definition) is 4. The Morgan fingerprint density at radius 3 is 2.63 bits per heavy atom. The normalized spacial score (nSPS) is 10.7. The second kappa shape index (κ2) is 8.45. The maximum Gasteiger partial charge on any atom is 0.251 e. The molecular weight excluding hydrogens is 338 g/mol. The van der Waals surface area contributed by atoms with E-state index < -0.39 is 0 Å². The summed E-state index contributed by atoms with van der Waals surface area (Å²) in [7, 11) is 0. The Kier molecular flexibility index (Phi) is 5.81. The minimum Gasteiger partial charge on any atom is -0.439 e. The first-order valence-electron chi connectivity index (χ1n) is 8.97. The predicted octanol–water partition coefficient (Wildman–Crippen LogP) is 4.63. The van der Waals surface area contributed by atoms with Crippen molar-refractivity contribution in [1.82, 2.24) is 15.3 Å². The van der Waals surface area contributed by atoms with Gasteiger partial charge in [-0.2, -0.15) is 4.98 Å². The lowest BCUT2D eigenvalue weighted by Crippen LogP contribution is -2.27. The average Bonchev–Trinajstić information content (AvgIpc) is 2.67. The highest BCUT2D eigenvalue weighted by Gasteiger charge is 2.09. The summed E-state index contributed by atoms with van der Waals surface area (Å²) in [4.78, 5) is 21.0. The third-order valence-corrected chi connectivity index (χ3v) is 3.93. The van der Waals surface area contributed by atoms with Gasteiger partial charge in [0.15, 0.2) is 5.82 Å². The van der Waals surface area contributed by atoms with E-state index in [4.69, 9.17) is 4.74 Å². The molecule has 0 unspecified atom stereocenters. The summed E-state index contributed by atoms with van der Waals surface area (Å²) in [6, 6.07) is 16.8. The van der Waals surface area contributed by atoms with Gasteiger partial charge in [0.1, 0.15) is 5.75 Å². The minimum atomic E-state index is -0.114. The van der Waals surface area contributed by atoms with Gasteiger partial charge in [0.2, 0.25) is 5.88 Å². The first-order chi connectivity index (χ1) is 13.0. The number of amides is 1. The quantitative estimate of drug-likeness (QED) is 0.695. The van der Waals surface area contributed by atoms with Crippen molar-refractivity contribution in [2.45, 2.75) is 20.8 Å². The van der Waals surface area contributed by atoms with Crippen LogP contribution in [0.2, 0.25) is 0 Å². The molecule has 0 aliphatic rings. The van der Waals surface area contributed by atoms with Crippen LogP contribution in [0, 0.1) is 12.8 Å². The number of ether oxygens (including phenoxy) is 1. The molecule has 5 nitrogen and oxygen atoms in total. The van der Waals surface area contributed by atoms with Gasteiger partial charge in [0.05, 0.1) is 0 Å². The van der Waals surface area contributed by atoms with Crippen LogP contribution in [0.4, 0.5) is 0 Å². The van der Waals surface area contributed by atoms with E-state index in [1.807, 2.05) is 31.2 Å². The number of carbonyl (C=O) groups is 1. The highest BCUT2D eigenvalue weighted by atomic mass is 16.5. The second-order valence-electron chi connectivity index (χ2n) is 6.82. The molecule has 0 aliphatic heterocycles. The Hall–Kier alpha value is -3.21. The van der Waals surface area contributed by atoms with Crippen LogP contribution in [-0.2, 0) is 0 Å². The first-order valence-corrected chi connectivity index (χ1v) is 8.97. The number of nitrogens with zero attached hydrogens (tertiary/aromatic N) is 2. The molecule has 0 spiro atoms. The van der Waals surface area contributed by atoms with Crippen molar-refractivity contribution in [3.05, 3.63) is 71.9 Å². The number of nitrogens with one attached hydrogen (secondary N) is 1. The van der Waals surface area contributed by atoms with Gasteiger partial charge in [-0.05, 0) is 31.0 Å². The van der Waals surface area contributed by atoms with E-state index in [2.05, 4.69) is 29.1 Å². The fraction of sp³-hybridized carbons (Fsp3) is 0.227. The van der Waals surface area contributed by atoms with Gasteiger partial charge in [-0.1, -0.05) is 49.7 Å². The zero-order chi connectivity index (χ0) is 19.2. The van der Waals surface area contributed by atoms with E-state index in [0.717, 1.165) is 5.56 Å². The molecule has 3 aromatic rings. The summed E-state index contributed by atoms with van der Waals surface area (Å²) in [6.45, 7) is 6.78. The third-order valence-electron chi connectivity index (χ3n) is 3.93. The number of hydrogen-bond donors (Lipinski definition) is 1. The van der Waals surface area contributed by atoms with Crippen molar-refractivity contribution in [2.24, 2.45) is 5.92 Å². The van der Waals surface area contributed by atoms with E-state index in [1.54, 1.807) is 36.5 Å². The summed E-state index contributed by atoms with van der Waals surface area (Å²) in [5, 5.41) is 2.90. The SMILES string of the molecule is Cc1ccc(-c2nccc(Oc3cccc(C(=O)NCC(C)C)c3)n2)cc1. The number of aryl methyl sites for hydroxylation is 1. The lowest BCUT2D eigenvalue weighted by Gasteiger charge is -2.10. The summed E-state index contributed by atoms with van der Waals surface area (Å²) in [5.41, 5.74) is 2.66. The van der Waals surface area contributed by atoms with Crippen LogP contribution in [-0.4, -0.2) is 22.4 Å². The Balaban J connectivity index is 1.76. The van der Waals surface area contributed by atoms with Crippen LogP contribution in [0.1, 0.15) is 29.8 Å². The molecule has 0 fully saturated rings. The first kappa shape index (κ1) is 18.6. The zero-order valence-corrected chi connectivity index (χ0v) is 15.8. The molecule has 2 aromatic carbocycles. The van der Waals surface area contributed by atoms with Crippen LogP contribution in [0.5, 0.6) is 11.6 Å². The highest BCUT2D eigenvalue weighted by Crippen LogP contribution is 2.23. The van der Waals surface area contributed by atoms with Crippen LogP contribution in [0.15, 0.2) is 60.8 Å². The number of rotatable bonds is 6. The molecule has 0 radical (unpaired) electrons. The molecular formula is C22H23N3O2. The topological polar surface area (TPSA) is 64.1 Å². The standard InChI is InChI=1S/C22H23N3O2/c1-15(2)14-24-22(26)18-5-4-6-19(13-18)27-20-11-12-23-21(25-20)17-9-7-16(3)8-10-17/h4-13,15H,14H2,1-3H3,(H,24,26). The van der Waals surface area contributed by atoms with E-state index in [1.165, 1.54) is 5.56 Å². The summed E-state index contributed by atoms with van der Waals surface area (Å²) >= 11 is 0. The van der Waals surface area contributed by atoms with Crippen molar-refractivity contribution in [2.75, 3.05) is 6.54 Å². The van der Waals surface area contributed by atoms with Crippen LogP contribution < -0.4 is 10.1 Å².